The van der Waals surface area contributed by atoms with Crippen LogP contribution in [0.5, 0.6) is 5.75 Å². The number of ether oxygens (including phenoxy) is 1. The molecule has 1 aliphatic carbocycles. The van der Waals surface area contributed by atoms with Crippen LogP contribution < -0.4 is 34.7 Å². The fraction of sp³-hybridized carbons (Fsp3) is 0.425. The fourth-order valence-corrected chi connectivity index (χ4v) is 7.24. The number of imide groups is 1. The lowest BCUT2D eigenvalue weighted by atomic mass is 9.92. The highest BCUT2D eigenvalue weighted by Gasteiger charge is 2.35. The number of amides is 3. The third-order valence-electron chi connectivity index (χ3n) is 9.79. The van der Waals surface area contributed by atoms with Crippen LogP contribution in [0.4, 0.5) is 17.1 Å². The van der Waals surface area contributed by atoms with E-state index in [9.17, 15) is 32.1 Å². The van der Waals surface area contributed by atoms with Gasteiger partial charge in [0.05, 0.1) is 34.7 Å². The van der Waals surface area contributed by atoms with Crippen molar-refractivity contribution in [2.45, 2.75) is 45.1 Å². The third-order valence-corrected chi connectivity index (χ3v) is 10.5. The zero-order valence-corrected chi connectivity index (χ0v) is 35.6. The highest BCUT2D eigenvalue weighted by molar-refractivity contribution is 7.85. The molecule has 3 aliphatic rings. The molecule has 2 aliphatic heterocycles. The molecule has 2 heterocycles. The average molecular weight is 843 g/mol. The summed E-state index contributed by atoms with van der Waals surface area (Å²) in [5.74, 6) is -2.95. The summed E-state index contributed by atoms with van der Waals surface area (Å²) in [5.41, 5.74) is 6.17. The molecule has 2 aromatic rings. The predicted molar refractivity (Wildman–Crippen MR) is 223 cm³/mol. The summed E-state index contributed by atoms with van der Waals surface area (Å²) >= 11 is 0. The van der Waals surface area contributed by atoms with Crippen LogP contribution in [-0.4, -0.2) is 116 Å². The fourth-order valence-electron chi connectivity index (χ4n) is 6.72. The highest BCUT2D eigenvalue weighted by atomic mass is 35.5. The van der Waals surface area contributed by atoms with E-state index in [1.165, 1.54) is 0 Å². The Morgan fingerprint density at radius 1 is 0.966 bits per heavy atom. The van der Waals surface area contributed by atoms with Crippen LogP contribution in [0.3, 0.4) is 0 Å². The van der Waals surface area contributed by atoms with Gasteiger partial charge < -0.3 is 38.6 Å². The first-order valence-corrected chi connectivity index (χ1v) is 20.1. The normalized spacial score (nSPS) is 13.3. The molecule has 0 saturated carbocycles. The minimum absolute atomic E-state index is 0. The lowest BCUT2D eigenvalue weighted by molar-refractivity contribution is -0.199. The first kappa shape index (κ1) is 45.3. The van der Waals surface area contributed by atoms with E-state index in [2.05, 4.69) is 40.5 Å². The zero-order valence-electron chi connectivity index (χ0n) is 34.0. The van der Waals surface area contributed by atoms with E-state index in [0.717, 1.165) is 44.5 Å². The van der Waals surface area contributed by atoms with E-state index in [1.54, 1.807) is 7.11 Å². The van der Waals surface area contributed by atoms with Crippen LogP contribution in [0.15, 0.2) is 52.9 Å². The van der Waals surface area contributed by atoms with Crippen LogP contribution >= 0.6 is 12.4 Å². The average Bonchev–Trinajstić information content (AvgIpc) is 3.47. The number of rotatable bonds is 16. The Morgan fingerprint density at radius 3 is 2.24 bits per heavy atom. The molecule has 0 aromatic heterocycles. The third kappa shape index (κ3) is 10.4. The van der Waals surface area contributed by atoms with E-state index >= 15 is 0 Å². The maximum absolute atomic E-state index is 13.1. The monoisotopic (exact) mass is 842 g/mol. The number of nitrogens with one attached hydrogen (secondary N) is 1. The van der Waals surface area contributed by atoms with Gasteiger partial charge in [-0.2, -0.15) is 0 Å². The van der Waals surface area contributed by atoms with Crippen molar-refractivity contribution >= 4 is 74.2 Å². The summed E-state index contributed by atoms with van der Waals surface area (Å²) in [6.45, 7) is 2.96. The van der Waals surface area contributed by atoms with Crippen molar-refractivity contribution < 1.29 is 46.1 Å². The number of carbonyl (C=O) groups excluding carboxylic acids is 4. The second kappa shape index (κ2) is 18.9. The Bertz CT molecular complexity index is 2330. The van der Waals surface area contributed by atoms with Crippen LogP contribution in [0.25, 0.3) is 33.4 Å². The van der Waals surface area contributed by atoms with Gasteiger partial charge in [0.25, 0.3) is 11.8 Å². The first-order chi connectivity index (χ1) is 26.9. The van der Waals surface area contributed by atoms with Crippen molar-refractivity contribution in [3.63, 3.8) is 0 Å². The minimum atomic E-state index is -4.75. The number of carbonyl (C=O) groups is 4. The van der Waals surface area contributed by atoms with E-state index in [1.807, 2.05) is 81.8 Å². The second-order valence-electron chi connectivity index (χ2n) is 14.4. The lowest BCUT2D eigenvalue weighted by Crippen LogP contribution is -2.46. The van der Waals surface area contributed by atoms with E-state index < -0.39 is 52.0 Å². The number of fused-ring (bicyclic) bond motifs is 2. The number of hydrogen-bond donors (Lipinski definition) is 1. The largest absolute Gasteiger partial charge is 0.748 e. The summed E-state index contributed by atoms with van der Waals surface area (Å²) in [6, 6.07) is 14.8. The first-order valence-electron chi connectivity index (χ1n) is 18.6. The summed E-state index contributed by atoms with van der Waals surface area (Å²) < 4.78 is 48.7. The van der Waals surface area contributed by atoms with Crippen molar-refractivity contribution in [2.75, 3.05) is 82.9 Å². The number of halogens is 1. The molecule has 1 unspecified atom stereocenters. The van der Waals surface area contributed by atoms with Gasteiger partial charge in [0.1, 0.15) is 37.2 Å². The Morgan fingerprint density at radius 2 is 1.66 bits per heavy atom. The number of hydrogen-bond acceptors (Lipinski definition) is 13. The number of hydroxylamine groups is 2. The van der Waals surface area contributed by atoms with Crippen molar-refractivity contribution in [3.8, 4) is 28.2 Å². The second-order valence-corrected chi connectivity index (χ2v) is 15.9. The quantitative estimate of drug-likeness (QED) is 0.0750. The van der Waals surface area contributed by atoms with Gasteiger partial charge in [0.15, 0.2) is 0 Å². The van der Waals surface area contributed by atoms with Gasteiger partial charge in [-0.1, -0.05) is 0 Å². The molecule has 0 radical (unpaired) electrons. The predicted octanol–water partition coefficient (Wildman–Crippen LogP) is 3.43. The molecular formula is C40H51ClN6O10S. The Hall–Kier alpha value is -5.39. The molecule has 0 bridgehead atoms. The van der Waals surface area contributed by atoms with Gasteiger partial charge in [-0.15, -0.1) is 17.5 Å². The molecular weight excluding hydrogens is 792 g/mol. The number of methoxy groups -OCH3 is 1. The molecule has 0 spiro atoms. The number of anilines is 3. The maximum atomic E-state index is 13.1. The van der Waals surface area contributed by atoms with Crippen molar-refractivity contribution in [1.29, 1.82) is 0 Å². The SMILES string of the molecule is CCN(CCCC(=O)NC(CCS(=O)(=O)[O-])C(=O)ON1C(=O)CCC1=O)c1cc(OC)c(-c2c3ccc(=[N+](C)C)cc-3oc3cc(N(C)C)ccc23)cc1N(C)C.Cl. The molecule has 2 aromatic carbocycles. The van der Waals surface area contributed by atoms with E-state index in [-0.39, 0.29) is 31.7 Å². The van der Waals surface area contributed by atoms with Crippen LogP contribution in [0.2, 0.25) is 0 Å². The standard InChI is InChI=1S/C40H50N6O10S.ClH/c1-9-45(19-10-11-36(47)41-30(18-20-57(51,52)53)40(50)56-46-37(48)16-17-38(46)49)32-24-33(54-8)29(23-31(32)44(6)7)39-27-14-12-25(42(2)3)21-34(27)55-35-22-26(43(4)5)13-15-28(35)39;/h12-15,21-24,30H,9-11,16-20H2,1-8H3,(H-,41,47,51,52,53);1H. The van der Waals surface area contributed by atoms with Gasteiger partial charge in [-0.25, -0.2) is 17.8 Å². The van der Waals surface area contributed by atoms with Gasteiger partial charge in [0.2, 0.25) is 11.3 Å². The Kier molecular flexibility index (Phi) is 14.8. The van der Waals surface area contributed by atoms with Gasteiger partial charge in [-0.3, -0.25) is 14.4 Å². The lowest BCUT2D eigenvalue weighted by Gasteiger charge is -2.30. The van der Waals surface area contributed by atoms with Crippen molar-refractivity contribution in [1.82, 2.24) is 15.0 Å². The van der Waals surface area contributed by atoms with Crippen molar-refractivity contribution in [2.24, 2.45) is 0 Å². The summed E-state index contributed by atoms with van der Waals surface area (Å²) in [7, 11) is 8.68. The summed E-state index contributed by atoms with van der Waals surface area (Å²) in [5, 5.41) is 4.62. The molecule has 5 rings (SSSR count). The van der Waals surface area contributed by atoms with E-state index in [4.69, 9.17) is 14.0 Å². The van der Waals surface area contributed by atoms with Crippen molar-refractivity contribution in [3.05, 3.63) is 53.9 Å². The molecule has 1 N–H and O–H groups in total. The topological polar surface area (TPSA) is 185 Å². The molecule has 1 atom stereocenters. The molecule has 18 heteroatoms. The molecule has 1 fully saturated rings. The summed E-state index contributed by atoms with van der Waals surface area (Å²) in [4.78, 5) is 60.9. The zero-order chi connectivity index (χ0) is 41.8. The van der Waals surface area contributed by atoms with Gasteiger partial charge in [0, 0.05) is 112 Å². The molecule has 1 saturated heterocycles. The van der Waals surface area contributed by atoms with Gasteiger partial charge >= 0.3 is 5.97 Å². The summed E-state index contributed by atoms with van der Waals surface area (Å²) in [6.07, 6.45) is -0.656. The molecule has 3 amide bonds. The number of benzene rings is 3. The van der Waals surface area contributed by atoms with Crippen LogP contribution in [0.1, 0.15) is 39.0 Å². The number of nitrogens with zero attached hydrogens (tertiary/aromatic N) is 5. The maximum Gasteiger partial charge on any atom is 0.355 e. The molecule has 314 valence electrons. The molecule has 58 heavy (non-hydrogen) atoms. The van der Waals surface area contributed by atoms with Crippen LogP contribution in [-0.2, 0) is 34.1 Å². The Labute approximate surface area is 344 Å². The van der Waals surface area contributed by atoms with Crippen LogP contribution in [0, 0.1) is 0 Å². The minimum Gasteiger partial charge on any atom is -0.748 e. The highest BCUT2D eigenvalue weighted by Crippen LogP contribution is 2.47. The van der Waals surface area contributed by atoms with E-state index in [0.29, 0.717) is 41.7 Å². The smallest absolute Gasteiger partial charge is 0.355 e. The van der Waals surface area contributed by atoms with Gasteiger partial charge in [-0.05, 0) is 44.0 Å². The Balaban J connectivity index is 0.00000744. The molecule has 16 nitrogen and oxygen atoms in total.